The third-order valence-corrected chi connectivity index (χ3v) is 13.5. The minimum atomic E-state index is 1.12. The van der Waals surface area contributed by atoms with E-state index in [0.29, 0.717) is 0 Å². The number of benzene rings is 11. The van der Waals surface area contributed by atoms with Crippen LogP contribution in [-0.4, -0.2) is 31.4 Å². The number of hydrogen-bond donors (Lipinski definition) is 0. The van der Waals surface area contributed by atoms with Gasteiger partial charge in [0.05, 0.1) is 0 Å². The molecule has 0 aliphatic carbocycles. The van der Waals surface area contributed by atoms with Crippen molar-refractivity contribution in [2.75, 3.05) is 4.90 Å². The number of hydrogen-bond acceptors (Lipinski definition) is 1. The number of anilines is 3. The predicted molar refractivity (Wildman–Crippen MR) is 286 cm³/mol. The molecule has 0 aliphatic heterocycles. The van der Waals surface area contributed by atoms with Crippen molar-refractivity contribution in [3.05, 3.63) is 212 Å². The van der Waals surface area contributed by atoms with E-state index in [9.17, 15) is 0 Å². The van der Waals surface area contributed by atoms with Gasteiger partial charge in [-0.15, -0.1) is 0 Å². The van der Waals surface area contributed by atoms with E-state index in [1.54, 1.807) is 0 Å². The normalized spacial score (nSPS) is 11.4. The van der Waals surface area contributed by atoms with Gasteiger partial charge in [-0.25, -0.2) is 0 Å². The number of nitrogens with zero attached hydrogens (tertiary/aromatic N) is 1. The lowest BCUT2D eigenvalue weighted by Crippen LogP contribution is -2.46. The zero-order valence-corrected chi connectivity index (χ0v) is 36.2. The van der Waals surface area contributed by atoms with Crippen molar-refractivity contribution >= 4 is 113 Å². The van der Waals surface area contributed by atoms with E-state index in [2.05, 4.69) is 249 Å². The summed E-state index contributed by atoms with van der Waals surface area (Å²) < 4.78 is 0. The van der Waals surface area contributed by atoms with Crippen LogP contribution in [0, 0.1) is 0 Å². The molecule has 11 aromatic carbocycles. The molecule has 0 unspecified atom stereocenters. The Morgan fingerprint density at radius 3 is 1.08 bits per heavy atom. The summed E-state index contributed by atoms with van der Waals surface area (Å²) in [5.41, 5.74) is 18.5. The largest absolute Gasteiger partial charge is 0.312 e. The van der Waals surface area contributed by atoms with E-state index in [1.165, 1.54) is 115 Å². The van der Waals surface area contributed by atoms with Crippen molar-refractivity contribution in [2.24, 2.45) is 0 Å². The van der Waals surface area contributed by atoms with Gasteiger partial charge in [0, 0.05) is 17.1 Å². The highest BCUT2D eigenvalue weighted by Crippen LogP contribution is 2.40. The van der Waals surface area contributed by atoms with E-state index < -0.39 is 0 Å². The van der Waals surface area contributed by atoms with Crippen molar-refractivity contribution in [1.29, 1.82) is 0 Å². The Bertz CT molecular complexity index is 3340. The maximum Gasteiger partial charge on any atom is 0.141 e. The van der Waals surface area contributed by atoms with Gasteiger partial charge in [-0.2, -0.15) is 0 Å². The molecule has 0 amide bonds. The van der Waals surface area contributed by atoms with Crippen LogP contribution in [0.15, 0.2) is 212 Å². The maximum atomic E-state index is 2.48. The summed E-state index contributed by atoms with van der Waals surface area (Å²) in [7, 11) is 9.20. The topological polar surface area (TPSA) is 3.24 Å². The molecule has 0 heterocycles. The Hall–Kier alpha value is -7.48. The Morgan fingerprint density at radius 2 is 0.619 bits per heavy atom. The molecule has 0 atom stereocenters. The van der Waals surface area contributed by atoms with Crippen LogP contribution in [-0.2, 0) is 0 Å². The average Bonchev–Trinajstić information content (AvgIpc) is 3.35. The molecule has 0 N–H and O–H groups in total. The Morgan fingerprint density at radius 1 is 0.270 bits per heavy atom. The fraction of sp³-hybridized carbons (Fsp3) is 0. The molecule has 0 saturated heterocycles. The molecule has 5 heteroatoms. The van der Waals surface area contributed by atoms with Gasteiger partial charge in [0.2, 0.25) is 0 Å². The zero-order chi connectivity index (χ0) is 42.6. The van der Waals surface area contributed by atoms with Crippen LogP contribution in [0.5, 0.6) is 0 Å². The molecule has 0 bridgehead atoms. The molecule has 63 heavy (non-hydrogen) atoms. The first-order valence-corrected chi connectivity index (χ1v) is 22.0. The van der Waals surface area contributed by atoms with Gasteiger partial charge in [0.15, 0.2) is 0 Å². The minimum Gasteiger partial charge on any atom is -0.312 e. The summed E-state index contributed by atoms with van der Waals surface area (Å²) in [5, 5.41) is 10.2. The molecule has 0 aliphatic rings. The Kier molecular flexibility index (Phi) is 9.62. The second-order valence-corrected chi connectivity index (χ2v) is 17.0. The molecule has 0 saturated carbocycles. The molecular weight excluding hydrogens is 754 g/mol. The molecule has 11 rings (SSSR count). The third kappa shape index (κ3) is 6.64. The first kappa shape index (κ1) is 38.4. The van der Waals surface area contributed by atoms with Gasteiger partial charge in [-0.1, -0.05) is 198 Å². The van der Waals surface area contributed by atoms with Crippen molar-refractivity contribution < 1.29 is 0 Å². The molecule has 292 valence electrons. The summed E-state index contributed by atoms with van der Waals surface area (Å²) in [4.78, 5) is 2.48. The Balaban J connectivity index is 1.06. The smallest absolute Gasteiger partial charge is 0.141 e. The monoisotopic (exact) mass is 797 g/mol. The number of rotatable bonds is 7. The lowest BCUT2D eigenvalue weighted by molar-refractivity contribution is 1.31. The van der Waals surface area contributed by atoms with Gasteiger partial charge in [0.25, 0.3) is 0 Å². The van der Waals surface area contributed by atoms with Gasteiger partial charge in [-0.3, -0.25) is 0 Å². The lowest BCUT2D eigenvalue weighted by Gasteiger charge is -2.33. The van der Waals surface area contributed by atoms with Crippen LogP contribution in [0.4, 0.5) is 17.1 Å². The molecule has 0 radical (unpaired) electrons. The van der Waals surface area contributed by atoms with Crippen molar-refractivity contribution in [1.82, 2.24) is 0 Å². The molecule has 0 aromatic heterocycles. The van der Waals surface area contributed by atoms with E-state index in [4.69, 9.17) is 0 Å². The SMILES string of the molecule is Bc1c(B)c(N(c2ccc(-c3cc4ccccc4c4ccccc34)cc2)c2ccc(-c3cc4ccccc4c4ccccc34)cc2)c(B)c(B)c1-c1ccc(-c2ccccc2)cc1. The van der Waals surface area contributed by atoms with Crippen LogP contribution in [0.25, 0.3) is 87.6 Å². The molecular formula is C58H43B4N. The van der Waals surface area contributed by atoms with E-state index in [-0.39, 0.29) is 0 Å². The number of fused-ring (bicyclic) bond motifs is 6. The second kappa shape index (κ2) is 15.8. The average molecular weight is 797 g/mol. The van der Waals surface area contributed by atoms with Crippen molar-refractivity contribution in [3.8, 4) is 44.5 Å². The highest BCUT2D eigenvalue weighted by molar-refractivity contribution is 6.63. The lowest BCUT2D eigenvalue weighted by atomic mass is 9.64. The van der Waals surface area contributed by atoms with E-state index in [1.807, 2.05) is 0 Å². The summed E-state index contributed by atoms with van der Waals surface area (Å²) in [6, 6.07) is 78.0. The highest BCUT2D eigenvalue weighted by atomic mass is 15.1. The van der Waals surface area contributed by atoms with Crippen molar-refractivity contribution in [3.63, 3.8) is 0 Å². The first-order valence-electron chi connectivity index (χ1n) is 22.0. The summed E-state index contributed by atoms with van der Waals surface area (Å²) in [5.74, 6) is 0. The van der Waals surface area contributed by atoms with E-state index >= 15 is 0 Å². The predicted octanol–water partition coefficient (Wildman–Crippen LogP) is 9.47. The van der Waals surface area contributed by atoms with Crippen LogP contribution in [0.1, 0.15) is 0 Å². The Labute approximate surface area is 373 Å². The van der Waals surface area contributed by atoms with E-state index in [0.717, 1.165) is 11.4 Å². The van der Waals surface area contributed by atoms with Gasteiger partial charge >= 0.3 is 0 Å². The fourth-order valence-corrected chi connectivity index (χ4v) is 10.1. The quantitative estimate of drug-likeness (QED) is 0.115. The molecule has 0 spiro atoms. The minimum absolute atomic E-state index is 1.12. The molecule has 11 aromatic rings. The molecule has 1 nitrogen and oxygen atoms in total. The standard InChI is InChI=1S/C58H43B4N/c59-54-53(40-24-22-37(23-25-40)36-12-2-1-3-13-36)55(60)57(62)58(56(54)61)63(43-30-26-38(27-31-43)51-34-41-14-4-6-16-45(41)47-18-8-10-20-49(47)51)44-32-28-39(29-33-44)52-35-42-15-5-7-17-46(42)48-19-9-11-21-50(48)52/h1-35H,59-62H2. The highest BCUT2D eigenvalue weighted by Gasteiger charge is 2.23. The van der Waals surface area contributed by atoms with Gasteiger partial charge in [-0.05, 0) is 124 Å². The van der Waals surface area contributed by atoms with Gasteiger partial charge < -0.3 is 4.90 Å². The summed E-state index contributed by atoms with van der Waals surface area (Å²) in [6.07, 6.45) is 0. The van der Waals surface area contributed by atoms with Crippen molar-refractivity contribution in [2.45, 2.75) is 0 Å². The van der Waals surface area contributed by atoms with Crippen LogP contribution in [0.3, 0.4) is 0 Å². The maximum absolute atomic E-state index is 2.48. The first-order chi connectivity index (χ1) is 30.9. The third-order valence-electron chi connectivity index (χ3n) is 13.5. The van der Waals surface area contributed by atoms with Crippen LogP contribution < -0.4 is 26.8 Å². The van der Waals surface area contributed by atoms with Crippen LogP contribution in [0.2, 0.25) is 0 Å². The summed E-state index contributed by atoms with van der Waals surface area (Å²) >= 11 is 0. The van der Waals surface area contributed by atoms with Gasteiger partial charge in [0.1, 0.15) is 31.4 Å². The molecule has 0 fully saturated rings. The second-order valence-electron chi connectivity index (χ2n) is 17.0. The fourth-order valence-electron chi connectivity index (χ4n) is 10.1. The zero-order valence-electron chi connectivity index (χ0n) is 36.2. The van der Waals surface area contributed by atoms with Crippen LogP contribution >= 0.6 is 0 Å². The summed E-state index contributed by atoms with van der Waals surface area (Å²) in [6.45, 7) is 0.